The lowest BCUT2D eigenvalue weighted by atomic mass is 9.97. The highest BCUT2D eigenvalue weighted by molar-refractivity contribution is 9.10. The zero-order valence-electron chi connectivity index (χ0n) is 10.7. The predicted octanol–water partition coefficient (Wildman–Crippen LogP) is 2.99. The van der Waals surface area contributed by atoms with Gasteiger partial charge in [0.2, 0.25) is 0 Å². The normalized spacial score (nSPS) is 14.4. The maximum Gasteiger partial charge on any atom is 0.377 e. The SMILES string of the molecule is COc1c(C(=O)C(=O)O)cc2c(c1Br)CCCCC2. The summed E-state index contributed by atoms with van der Waals surface area (Å²) in [6.45, 7) is 0. The summed E-state index contributed by atoms with van der Waals surface area (Å²) in [6, 6.07) is 1.68. The molecule has 0 atom stereocenters. The number of aryl methyl sites for hydroxylation is 1. The van der Waals surface area contributed by atoms with Gasteiger partial charge in [0.25, 0.3) is 5.78 Å². The molecular formula is C14H15BrO4. The standard InChI is InChI=1S/C14H15BrO4/c1-19-13-10(12(16)14(17)18)7-8-5-3-2-4-6-9(8)11(13)15/h7H,2-6H2,1H3,(H,17,18). The molecule has 0 spiro atoms. The van der Waals surface area contributed by atoms with Crippen LogP contribution >= 0.6 is 15.9 Å². The van der Waals surface area contributed by atoms with Gasteiger partial charge >= 0.3 is 5.97 Å². The zero-order chi connectivity index (χ0) is 14.0. The second-order valence-corrected chi connectivity index (χ2v) is 5.40. The van der Waals surface area contributed by atoms with Gasteiger partial charge in [0, 0.05) is 0 Å². The van der Waals surface area contributed by atoms with Crippen molar-refractivity contribution in [2.75, 3.05) is 7.11 Å². The van der Waals surface area contributed by atoms with Gasteiger partial charge in [0.05, 0.1) is 17.1 Å². The van der Waals surface area contributed by atoms with E-state index in [0.29, 0.717) is 5.75 Å². The molecular weight excluding hydrogens is 312 g/mol. The first-order valence-corrected chi connectivity index (χ1v) is 7.01. The lowest BCUT2D eigenvalue weighted by Crippen LogP contribution is -2.15. The first kappa shape index (κ1) is 14.1. The van der Waals surface area contributed by atoms with E-state index in [1.807, 2.05) is 0 Å². The summed E-state index contributed by atoms with van der Waals surface area (Å²) in [5, 5.41) is 8.89. The number of halogens is 1. The predicted molar refractivity (Wildman–Crippen MR) is 73.9 cm³/mol. The largest absolute Gasteiger partial charge is 0.495 e. The topological polar surface area (TPSA) is 63.6 Å². The Labute approximate surface area is 119 Å². The molecule has 0 fully saturated rings. The number of Topliss-reactive ketones (excluding diaryl/α,β-unsaturated/α-hetero) is 1. The number of methoxy groups -OCH3 is 1. The first-order chi connectivity index (χ1) is 9.06. The number of hydrogen-bond acceptors (Lipinski definition) is 3. The van der Waals surface area contributed by atoms with Gasteiger partial charge in [-0.25, -0.2) is 4.79 Å². The molecule has 0 saturated heterocycles. The van der Waals surface area contributed by atoms with E-state index >= 15 is 0 Å². The molecule has 0 heterocycles. The van der Waals surface area contributed by atoms with Gasteiger partial charge in [-0.1, -0.05) is 6.42 Å². The van der Waals surface area contributed by atoms with Gasteiger partial charge in [-0.05, 0) is 58.8 Å². The maximum atomic E-state index is 11.7. The van der Waals surface area contributed by atoms with Crippen LogP contribution in [0.25, 0.3) is 0 Å². The molecule has 0 unspecified atom stereocenters. The molecule has 0 amide bonds. The zero-order valence-corrected chi connectivity index (χ0v) is 12.2. The molecule has 0 aromatic heterocycles. The van der Waals surface area contributed by atoms with Crippen LogP contribution in [0.4, 0.5) is 0 Å². The molecule has 1 N–H and O–H groups in total. The van der Waals surface area contributed by atoms with E-state index in [9.17, 15) is 9.59 Å². The molecule has 102 valence electrons. The average Bonchev–Trinajstić information content (AvgIpc) is 2.63. The Balaban J connectivity index is 2.61. The number of carbonyl (C=O) groups excluding carboxylic acids is 1. The second-order valence-electron chi connectivity index (χ2n) is 4.60. The summed E-state index contributed by atoms with van der Waals surface area (Å²) in [5.41, 5.74) is 2.31. The van der Waals surface area contributed by atoms with E-state index in [-0.39, 0.29) is 5.56 Å². The van der Waals surface area contributed by atoms with Crippen molar-refractivity contribution in [1.82, 2.24) is 0 Å². The lowest BCUT2D eigenvalue weighted by Gasteiger charge is -2.15. The molecule has 1 aliphatic rings. The van der Waals surface area contributed by atoms with E-state index in [2.05, 4.69) is 15.9 Å². The molecule has 0 aliphatic heterocycles. The number of hydrogen-bond donors (Lipinski definition) is 1. The van der Waals surface area contributed by atoms with E-state index in [1.54, 1.807) is 6.07 Å². The van der Waals surface area contributed by atoms with Gasteiger partial charge < -0.3 is 9.84 Å². The number of ketones is 1. The summed E-state index contributed by atoms with van der Waals surface area (Å²) in [7, 11) is 1.45. The van der Waals surface area contributed by atoms with Crippen LogP contribution in [0.2, 0.25) is 0 Å². The number of ether oxygens (including phenoxy) is 1. The lowest BCUT2D eigenvalue weighted by molar-refractivity contribution is -0.131. The Morgan fingerprint density at radius 1 is 1.26 bits per heavy atom. The molecule has 4 nitrogen and oxygen atoms in total. The minimum Gasteiger partial charge on any atom is -0.495 e. The van der Waals surface area contributed by atoms with Crippen molar-refractivity contribution in [3.8, 4) is 5.75 Å². The van der Waals surface area contributed by atoms with Crippen LogP contribution in [-0.2, 0) is 17.6 Å². The first-order valence-electron chi connectivity index (χ1n) is 6.22. The summed E-state index contributed by atoms with van der Waals surface area (Å²) in [6.07, 6.45) is 5.10. The average molecular weight is 327 g/mol. The Bertz CT molecular complexity index is 537. The van der Waals surface area contributed by atoms with Crippen molar-refractivity contribution in [1.29, 1.82) is 0 Å². The van der Waals surface area contributed by atoms with Gasteiger partial charge in [-0.2, -0.15) is 0 Å². The maximum absolute atomic E-state index is 11.7. The second kappa shape index (κ2) is 5.74. The molecule has 1 aromatic rings. The molecule has 19 heavy (non-hydrogen) atoms. The van der Waals surface area contributed by atoms with Gasteiger partial charge in [0.15, 0.2) is 0 Å². The summed E-state index contributed by atoms with van der Waals surface area (Å²) < 4.78 is 5.94. The van der Waals surface area contributed by atoms with Crippen LogP contribution in [0, 0.1) is 0 Å². The fraction of sp³-hybridized carbons (Fsp3) is 0.429. The monoisotopic (exact) mass is 326 g/mol. The van der Waals surface area contributed by atoms with Crippen molar-refractivity contribution in [2.45, 2.75) is 32.1 Å². The molecule has 0 bridgehead atoms. The molecule has 1 aliphatic carbocycles. The number of rotatable bonds is 3. The Morgan fingerprint density at radius 3 is 2.58 bits per heavy atom. The molecule has 0 saturated carbocycles. The highest BCUT2D eigenvalue weighted by Gasteiger charge is 2.25. The molecule has 5 heteroatoms. The van der Waals surface area contributed by atoms with Crippen LogP contribution in [-0.4, -0.2) is 24.0 Å². The van der Waals surface area contributed by atoms with Crippen LogP contribution < -0.4 is 4.74 Å². The third-order valence-electron chi connectivity index (χ3n) is 3.43. The minimum absolute atomic E-state index is 0.127. The summed E-state index contributed by atoms with van der Waals surface area (Å²) in [5.74, 6) is -2.06. The van der Waals surface area contributed by atoms with E-state index in [4.69, 9.17) is 9.84 Å². The van der Waals surface area contributed by atoms with E-state index in [1.165, 1.54) is 7.11 Å². The van der Waals surface area contributed by atoms with Crippen molar-refractivity contribution >= 4 is 27.7 Å². The van der Waals surface area contributed by atoms with Crippen molar-refractivity contribution < 1.29 is 19.4 Å². The molecule has 1 aromatic carbocycles. The Kier molecular flexibility index (Phi) is 4.24. The number of fused-ring (bicyclic) bond motifs is 1. The third-order valence-corrected chi connectivity index (χ3v) is 4.27. The van der Waals surface area contributed by atoms with Gasteiger partial charge in [0.1, 0.15) is 5.75 Å². The minimum atomic E-state index is -1.46. The number of carboxylic acid groups (broad SMARTS) is 1. The molecule has 2 rings (SSSR count). The van der Waals surface area contributed by atoms with Crippen LogP contribution in [0.15, 0.2) is 10.5 Å². The quantitative estimate of drug-likeness (QED) is 0.527. The highest BCUT2D eigenvalue weighted by Crippen LogP contribution is 2.38. The fourth-order valence-electron chi connectivity index (χ4n) is 2.49. The Hall–Kier alpha value is -1.36. The number of aliphatic carboxylic acids is 1. The van der Waals surface area contributed by atoms with Crippen molar-refractivity contribution in [3.05, 3.63) is 27.2 Å². The van der Waals surface area contributed by atoms with Crippen molar-refractivity contribution in [2.24, 2.45) is 0 Å². The fourth-order valence-corrected chi connectivity index (χ4v) is 3.32. The number of carboxylic acids is 1. The highest BCUT2D eigenvalue weighted by atomic mass is 79.9. The van der Waals surface area contributed by atoms with E-state index in [0.717, 1.165) is 47.7 Å². The number of carbonyl (C=O) groups is 2. The van der Waals surface area contributed by atoms with Gasteiger partial charge in [-0.3, -0.25) is 4.79 Å². The third kappa shape index (κ3) is 2.66. The summed E-state index contributed by atoms with van der Waals surface area (Å²) >= 11 is 3.46. The van der Waals surface area contributed by atoms with Gasteiger partial charge in [-0.15, -0.1) is 0 Å². The van der Waals surface area contributed by atoms with E-state index < -0.39 is 11.8 Å². The smallest absolute Gasteiger partial charge is 0.377 e. The van der Waals surface area contributed by atoms with Crippen LogP contribution in [0.3, 0.4) is 0 Å². The Morgan fingerprint density at radius 2 is 1.95 bits per heavy atom. The number of benzene rings is 1. The van der Waals surface area contributed by atoms with Crippen LogP contribution in [0.1, 0.15) is 40.7 Å². The van der Waals surface area contributed by atoms with Crippen LogP contribution in [0.5, 0.6) is 5.75 Å². The van der Waals surface area contributed by atoms with Crippen molar-refractivity contribution in [3.63, 3.8) is 0 Å². The summed E-state index contributed by atoms with van der Waals surface area (Å²) in [4.78, 5) is 22.6. The molecule has 0 radical (unpaired) electrons.